The molecule has 0 amide bonds. The van der Waals surface area contributed by atoms with Gasteiger partial charge < -0.3 is 0 Å². The first-order chi connectivity index (χ1) is 5.83. The number of aromatic nitrogens is 2. The fraction of sp³-hybridized carbons (Fsp3) is 0.375. The lowest BCUT2D eigenvalue weighted by Crippen LogP contribution is -2.22. The van der Waals surface area contributed by atoms with E-state index in [1.165, 1.54) is 6.20 Å². The quantitative estimate of drug-likeness (QED) is 0.540. The molecule has 4 nitrogen and oxygen atoms in total. The van der Waals surface area contributed by atoms with E-state index in [0.29, 0.717) is 6.54 Å². The molecule has 0 atom stereocenters. The standard InChI is InChI=1S/C8H7N3O/c9-4-6-5-10-7-2-1-3-11(7)8(6)12/h5H,1-3H2. The van der Waals surface area contributed by atoms with Gasteiger partial charge in [-0.1, -0.05) is 0 Å². The molecule has 0 aromatic carbocycles. The Hall–Kier alpha value is -1.63. The molecule has 0 unspecified atom stereocenters. The topological polar surface area (TPSA) is 58.7 Å². The van der Waals surface area contributed by atoms with E-state index in [1.54, 1.807) is 4.57 Å². The summed E-state index contributed by atoms with van der Waals surface area (Å²) < 4.78 is 1.58. The second-order valence-corrected chi connectivity index (χ2v) is 2.76. The molecule has 4 heteroatoms. The van der Waals surface area contributed by atoms with Crippen LogP contribution in [0.25, 0.3) is 0 Å². The SMILES string of the molecule is N#Cc1cnc2n(c1=O)CCC2. The van der Waals surface area contributed by atoms with Crippen molar-refractivity contribution in [3.05, 3.63) is 27.9 Å². The predicted molar refractivity (Wildman–Crippen MR) is 41.5 cm³/mol. The second kappa shape index (κ2) is 2.45. The summed E-state index contributed by atoms with van der Waals surface area (Å²) in [6.07, 6.45) is 3.16. The average molecular weight is 161 g/mol. The van der Waals surface area contributed by atoms with Crippen LogP contribution >= 0.6 is 0 Å². The molecule has 0 aliphatic carbocycles. The van der Waals surface area contributed by atoms with E-state index in [2.05, 4.69) is 4.98 Å². The number of hydrogen-bond acceptors (Lipinski definition) is 3. The van der Waals surface area contributed by atoms with E-state index in [0.717, 1.165) is 18.7 Å². The summed E-state index contributed by atoms with van der Waals surface area (Å²) in [5, 5.41) is 8.55. The maximum atomic E-state index is 11.4. The number of aryl methyl sites for hydroxylation is 1. The molecule has 60 valence electrons. The first-order valence-electron chi connectivity index (χ1n) is 3.82. The van der Waals surface area contributed by atoms with Crippen molar-refractivity contribution in [3.8, 4) is 6.07 Å². The lowest BCUT2D eigenvalue weighted by atomic mass is 10.3. The van der Waals surface area contributed by atoms with Crippen LogP contribution in [-0.2, 0) is 13.0 Å². The molecule has 0 spiro atoms. The molecule has 0 fully saturated rings. The van der Waals surface area contributed by atoms with Gasteiger partial charge in [-0.3, -0.25) is 9.36 Å². The summed E-state index contributed by atoms with van der Waals surface area (Å²) in [7, 11) is 0. The Labute approximate surface area is 69.1 Å². The van der Waals surface area contributed by atoms with Gasteiger partial charge in [-0.05, 0) is 6.42 Å². The molecule has 0 radical (unpaired) electrons. The van der Waals surface area contributed by atoms with Crippen LogP contribution < -0.4 is 5.56 Å². The molecule has 1 aromatic rings. The molecule has 1 aromatic heterocycles. The summed E-state index contributed by atoms with van der Waals surface area (Å²) >= 11 is 0. The zero-order valence-corrected chi connectivity index (χ0v) is 6.45. The summed E-state index contributed by atoms with van der Waals surface area (Å²) in [6, 6.07) is 1.83. The van der Waals surface area contributed by atoms with Crippen LogP contribution in [0, 0.1) is 11.3 Å². The van der Waals surface area contributed by atoms with Gasteiger partial charge in [0.2, 0.25) is 0 Å². The van der Waals surface area contributed by atoms with Crippen LogP contribution in [0.3, 0.4) is 0 Å². The minimum Gasteiger partial charge on any atom is -0.296 e. The van der Waals surface area contributed by atoms with Crippen LogP contribution in [0.5, 0.6) is 0 Å². The lowest BCUT2D eigenvalue weighted by molar-refractivity contribution is 0.708. The van der Waals surface area contributed by atoms with Crippen LogP contribution in [-0.4, -0.2) is 9.55 Å². The van der Waals surface area contributed by atoms with E-state index in [4.69, 9.17) is 5.26 Å². The molecule has 2 heterocycles. The Bertz CT molecular complexity index is 413. The second-order valence-electron chi connectivity index (χ2n) is 2.76. The largest absolute Gasteiger partial charge is 0.296 e. The summed E-state index contributed by atoms with van der Waals surface area (Å²) in [5.74, 6) is 0.805. The van der Waals surface area contributed by atoms with Crippen LogP contribution in [0.1, 0.15) is 17.8 Å². The maximum Gasteiger partial charge on any atom is 0.271 e. The van der Waals surface area contributed by atoms with Gasteiger partial charge >= 0.3 is 0 Å². The Morgan fingerprint density at radius 2 is 2.50 bits per heavy atom. The summed E-state index contributed by atoms with van der Waals surface area (Å²) in [5.41, 5.74) is -0.0550. The van der Waals surface area contributed by atoms with Crippen molar-refractivity contribution in [1.29, 1.82) is 5.26 Å². The van der Waals surface area contributed by atoms with Gasteiger partial charge in [0.1, 0.15) is 17.5 Å². The van der Waals surface area contributed by atoms with Gasteiger partial charge in [0, 0.05) is 13.0 Å². The number of fused-ring (bicyclic) bond motifs is 1. The first-order valence-corrected chi connectivity index (χ1v) is 3.82. The molecule has 0 saturated carbocycles. The smallest absolute Gasteiger partial charge is 0.271 e. The van der Waals surface area contributed by atoms with Gasteiger partial charge in [-0.2, -0.15) is 5.26 Å². The lowest BCUT2D eigenvalue weighted by Gasteiger charge is -1.99. The van der Waals surface area contributed by atoms with Gasteiger partial charge in [0.05, 0.1) is 6.20 Å². The number of nitriles is 1. The number of nitrogens with zero attached hydrogens (tertiary/aromatic N) is 3. The van der Waals surface area contributed by atoms with Crippen molar-refractivity contribution in [1.82, 2.24) is 9.55 Å². The molecule has 1 aliphatic rings. The van der Waals surface area contributed by atoms with Crippen molar-refractivity contribution in [2.45, 2.75) is 19.4 Å². The van der Waals surface area contributed by atoms with Gasteiger partial charge in [-0.25, -0.2) is 4.98 Å². The summed E-state index contributed by atoms with van der Waals surface area (Å²) in [4.78, 5) is 15.4. The highest BCUT2D eigenvalue weighted by Crippen LogP contribution is 2.07. The maximum absolute atomic E-state index is 11.4. The Morgan fingerprint density at radius 3 is 3.25 bits per heavy atom. The van der Waals surface area contributed by atoms with E-state index < -0.39 is 0 Å². The normalized spacial score (nSPS) is 13.9. The van der Waals surface area contributed by atoms with Crippen LogP contribution in [0.2, 0.25) is 0 Å². The highest BCUT2D eigenvalue weighted by atomic mass is 16.1. The molecular weight excluding hydrogens is 154 g/mol. The van der Waals surface area contributed by atoms with Crippen molar-refractivity contribution in [2.24, 2.45) is 0 Å². The minimum atomic E-state index is -0.194. The van der Waals surface area contributed by atoms with Crippen molar-refractivity contribution < 1.29 is 0 Å². The highest BCUT2D eigenvalue weighted by molar-refractivity contribution is 5.23. The van der Waals surface area contributed by atoms with E-state index in [1.807, 2.05) is 6.07 Å². The zero-order chi connectivity index (χ0) is 8.55. The van der Waals surface area contributed by atoms with Gasteiger partial charge in [-0.15, -0.1) is 0 Å². The monoisotopic (exact) mass is 161 g/mol. The van der Waals surface area contributed by atoms with Crippen LogP contribution in [0.15, 0.2) is 11.0 Å². The fourth-order valence-electron chi connectivity index (χ4n) is 1.43. The van der Waals surface area contributed by atoms with Crippen molar-refractivity contribution in [2.75, 3.05) is 0 Å². The number of hydrogen-bond donors (Lipinski definition) is 0. The number of rotatable bonds is 0. The first kappa shape index (κ1) is 7.04. The molecule has 2 rings (SSSR count). The van der Waals surface area contributed by atoms with Crippen LogP contribution in [0.4, 0.5) is 0 Å². The van der Waals surface area contributed by atoms with Crippen molar-refractivity contribution in [3.63, 3.8) is 0 Å². The van der Waals surface area contributed by atoms with E-state index in [-0.39, 0.29) is 11.1 Å². The molecule has 0 bridgehead atoms. The molecule has 12 heavy (non-hydrogen) atoms. The fourth-order valence-corrected chi connectivity index (χ4v) is 1.43. The molecular formula is C8H7N3O. The van der Waals surface area contributed by atoms with Gasteiger partial charge in [0.25, 0.3) is 5.56 Å². The molecule has 1 aliphatic heterocycles. The Balaban J connectivity index is 2.72. The highest BCUT2D eigenvalue weighted by Gasteiger charge is 2.14. The average Bonchev–Trinajstić information content (AvgIpc) is 2.53. The minimum absolute atomic E-state index is 0.139. The third-order valence-electron chi connectivity index (χ3n) is 2.03. The van der Waals surface area contributed by atoms with E-state index in [9.17, 15) is 4.79 Å². The van der Waals surface area contributed by atoms with E-state index >= 15 is 0 Å². The summed E-state index contributed by atoms with van der Waals surface area (Å²) in [6.45, 7) is 0.705. The third kappa shape index (κ3) is 0.832. The Kier molecular flexibility index (Phi) is 1.44. The zero-order valence-electron chi connectivity index (χ0n) is 6.45. The van der Waals surface area contributed by atoms with Gasteiger partial charge in [0.15, 0.2) is 0 Å². The third-order valence-corrected chi connectivity index (χ3v) is 2.03. The molecule has 0 saturated heterocycles. The molecule has 0 N–H and O–H groups in total. The predicted octanol–water partition coefficient (Wildman–Crippen LogP) is 0.0612. The van der Waals surface area contributed by atoms with Crippen molar-refractivity contribution >= 4 is 0 Å². The Morgan fingerprint density at radius 1 is 1.67 bits per heavy atom.